The minimum atomic E-state index is -1.03. The molecule has 1 saturated heterocycles. The number of nitrogens with one attached hydrogen (secondary N) is 1. The minimum absolute atomic E-state index is 0.0361. The van der Waals surface area contributed by atoms with Gasteiger partial charge in [0.1, 0.15) is 5.82 Å². The van der Waals surface area contributed by atoms with Crippen LogP contribution in [0.25, 0.3) is 0 Å². The van der Waals surface area contributed by atoms with Crippen LogP contribution in [-0.2, 0) is 4.79 Å². The van der Waals surface area contributed by atoms with Gasteiger partial charge >= 0.3 is 5.97 Å². The van der Waals surface area contributed by atoms with Crippen molar-refractivity contribution in [3.63, 3.8) is 0 Å². The number of hydrogen-bond acceptors (Lipinski definition) is 4. The molecule has 0 spiro atoms. The van der Waals surface area contributed by atoms with Gasteiger partial charge in [-0.3, -0.25) is 4.79 Å². The standard InChI is InChI=1S/C17H23N3O3/c21-16(20-9-2-1-3-10-20)12-7-8-13(11-12)18-15-6-4-5-14(19-15)17(22)23/h4-6,12-13H,1-3,7-11H2,(H,18,19)(H,22,23)/t12-,13+/m1/s1. The molecule has 3 rings (SSSR count). The molecule has 0 aromatic carbocycles. The average molecular weight is 317 g/mol. The van der Waals surface area contributed by atoms with E-state index in [1.165, 1.54) is 12.5 Å². The Balaban J connectivity index is 1.56. The Hall–Kier alpha value is -2.11. The van der Waals surface area contributed by atoms with Crippen molar-refractivity contribution in [2.24, 2.45) is 5.92 Å². The van der Waals surface area contributed by atoms with Crippen LogP contribution in [0, 0.1) is 5.92 Å². The van der Waals surface area contributed by atoms with Gasteiger partial charge in [-0.25, -0.2) is 9.78 Å². The van der Waals surface area contributed by atoms with Crippen LogP contribution in [0.1, 0.15) is 49.0 Å². The van der Waals surface area contributed by atoms with Gasteiger partial charge < -0.3 is 15.3 Å². The topological polar surface area (TPSA) is 82.5 Å². The number of carbonyl (C=O) groups is 2. The summed E-state index contributed by atoms with van der Waals surface area (Å²) in [6, 6.07) is 5.12. The molecule has 2 heterocycles. The van der Waals surface area contributed by atoms with Crippen LogP contribution >= 0.6 is 0 Å². The first kappa shape index (κ1) is 15.8. The fourth-order valence-corrected chi connectivity index (χ4v) is 3.55. The molecule has 1 aromatic heterocycles. The van der Waals surface area contributed by atoms with Gasteiger partial charge in [0.15, 0.2) is 5.69 Å². The zero-order valence-electron chi connectivity index (χ0n) is 13.2. The lowest BCUT2D eigenvalue weighted by molar-refractivity contribution is -0.136. The SMILES string of the molecule is O=C(O)c1cccc(N[C@H]2CC[C@@H](C(=O)N3CCCCC3)C2)n1. The maximum atomic E-state index is 12.5. The molecule has 2 fully saturated rings. The molecule has 2 aliphatic rings. The van der Waals surface area contributed by atoms with Crippen molar-refractivity contribution < 1.29 is 14.7 Å². The summed E-state index contributed by atoms with van der Waals surface area (Å²) in [5, 5.41) is 12.3. The van der Waals surface area contributed by atoms with Crippen molar-refractivity contribution >= 4 is 17.7 Å². The number of rotatable bonds is 4. The van der Waals surface area contributed by atoms with Crippen LogP contribution in [-0.4, -0.2) is 46.0 Å². The van der Waals surface area contributed by atoms with Crippen LogP contribution in [0.3, 0.4) is 0 Å². The van der Waals surface area contributed by atoms with Gasteiger partial charge in [0.2, 0.25) is 5.91 Å². The van der Waals surface area contributed by atoms with Crippen LogP contribution in [0.4, 0.5) is 5.82 Å². The van der Waals surface area contributed by atoms with Gasteiger partial charge in [-0.05, 0) is 50.7 Å². The van der Waals surface area contributed by atoms with Crippen molar-refractivity contribution in [3.05, 3.63) is 23.9 Å². The molecule has 0 bridgehead atoms. The number of hydrogen-bond donors (Lipinski definition) is 2. The number of carbonyl (C=O) groups excluding carboxylic acids is 1. The lowest BCUT2D eigenvalue weighted by atomic mass is 10.0. The van der Waals surface area contributed by atoms with E-state index in [0.717, 1.165) is 45.2 Å². The minimum Gasteiger partial charge on any atom is -0.477 e. The highest BCUT2D eigenvalue weighted by Gasteiger charge is 2.33. The fourth-order valence-electron chi connectivity index (χ4n) is 3.55. The van der Waals surface area contributed by atoms with Crippen LogP contribution in [0.15, 0.2) is 18.2 Å². The number of likely N-dealkylation sites (tertiary alicyclic amines) is 1. The Morgan fingerprint density at radius 2 is 1.96 bits per heavy atom. The summed E-state index contributed by atoms with van der Waals surface area (Å²) >= 11 is 0. The van der Waals surface area contributed by atoms with Gasteiger partial charge in [-0.15, -0.1) is 0 Å². The second-order valence-corrected chi connectivity index (χ2v) is 6.45. The zero-order valence-corrected chi connectivity index (χ0v) is 13.2. The van der Waals surface area contributed by atoms with Gasteiger partial charge in [0, 0.05) is 25.0 Å². The highest BCUT2D eigenvalue weighted by atomic mass is 16.4. The highest BCUT2D eigenvalue weighted by molar-refractivity contribution is 5.85. The molecule has 0 radical (unpaired) electrons. The molecule has 1 saturated carbocycles. The van der Waals surface area contributed by atoms with Gasteiger partial charge in [-0.1, -0.05) is 6.07 Å². The smallest absolute Gasteiger partial charge is 0.354 e. The molecular formula is C17H23N3O3. The molecule has 6 nitrogen and oxygen atoms in total. The van der Waals surface area contributed by atoms with E-state index >= 15 is 0 Å². The van der Waals surface area contributed by atoms with Gasteiger partial charge in [-0.2, -0.15) is 0 Å². The zero-order chi connectivity index (χ0) is 16.2. The molecule has 124 valence electrons. The van der Waals surface area contributed by atoms with E-state index in [0.29, 0.717) is 11.7 Å². The molecule has 2 N–H and O–H groups in total. The maximum absolute atomic E-state index is 12.5. The lowest BCUT2D eigenvalue weighted by Gasteiger charge is -2.29. The van der Waals surface area contributed by atoms with E-state index < -0.39 is 5.97 Å². The lowest BCUT2D eigenvalue weighted by Crippen LogP contribution is -2.39. The third-order valence-electron chi connectivity index (χ3n) is 4.77. The van der Waals surface area contributed by atoms with Gasteiger partial charge in [0.25, 0.3) is 0 Å². The molecule has 1 aromatic rings. The molecular weight excluding hydrogens is 294 g/mol. The van der Waals surface area contributed by atoms with Crippen LogP contribution < -0.4 is 5.32 Å². The molecule has 1 aliphatic carbocycles. The number of amides is 1. The summed E-state index contributed by atoms with van der Waals surface area (Å²) in [4.78, 5) is 29.6. The largest absolute Gasteiger partial charge is 0.477 e. The Kier molecular flexibility index (Phi) is 4.79. The molecule has 0 unspecified atom stereocenters. The highest BCUT2D eigenvalue weighted by Crippen LogP contribution is 2.30. The Morgan fingerprint density at radius 1 is 1.17 bits per heavy atom. The molecule has 1 aliphatic heterocycles. The van der Waals surface area contributed by atoms with E-state index in [-0.39, 0.29) is 17.7 Å². The summed E-state index contributed by atoms with van der Waals surface area (Å²) in [5.41, 5.74) is 0.0361. The number of carboxylic acid groups (broad SMARTS) is 1. The Labute approximate surface area is 135 Å². The number of aromatic nitrogens is 1. The van der Waals surface area contributed by atoms with E-state index in [2.05, 4.69) is 10.3 Å². The number of anilines is 1. The normalized spacial score (nSPS) is 24.4. The summed E-state index contributed by atoms with van der Waals surface area (Å²) in [6.07, 6.45) is 6.07. The van der Waals surface area contributed by atoms with Crippen LogP contribution in [0.5, 0.6) is 0 Å². The first-order valence-corrected chi connectivity index (χ1v) is 8.39. The summed E-state index contributed by atoms with van der Waals surface area (Å²) < 4.78 is 0. The molecule has 23 heavy (non-hydrogen) atoms. The molecule has 2 atom stereocenters. The molecule has 1 amide bonds. The van der Waals surface area contributed by atoms with Gasteiger partial charge in [0.05, 0.1) is 0 Å². The number of nitrogens with zero attached hydrogens (tertiary/aromatic N) is 2. The first-order chi connectivity index (χ1) is 11.1. The van der Waals surface area contributed by atoms with Crippen LogP contribution in [0.2, 0.25) is 0 Å². The summed E-state index contributed by atoms with van der Waals surface area (Å²) in [7, 11) is 0. The maximum Gasteiger partial charge on any atom is 0.354 e. The van der Waals surface area contributed by atoms with E-state index in [4.69, 9.17) is 5.11 Å². The van der Waals surface area contributed by atoms with E-state index in [1.807, 2.05) is 4.90 Å². The van der Waals surface area contributed by atoms with E-state index in [9.17, 15) is 9.59 Å². The third kappa shape index (κ3) is 3.81. The number of pyridine rings is 1. The number of piperidine rings is 1. The van der Waals surface area contributed by atoms with Crippen molar-refractivity contribution in [1.82, 2.24) is 9.88 Å². The molecule has 6 heteroatoms. The van der Waals surface area contributed by atoms with Crippen molar-refractivity contribution in [3.8, 4) is 0 Å². The first-order valence-electron chi connectivity index (χ1n) is 8.39. The third-order valence-corrected chi connectivity index (χ3v) is 4.77. The Bertz CT molecular complexity index is 584. The number of carboxylic acids is 1. The van der Waals surface area contributed by atoms with Crippen molar-refractivity contribution in [1.29, 1.82) is 0 Å². The van der Waals surface area contributed by atoms with Crippen molar-refractivity contribution in [2.45, 2.75) is 44.6 Å². The fraction of sp³-hybridized carbons (Fsp3) is 0.588. The predicted molar refractivity (Wildman–Crippen MR) is 86.4 cm³/mol. The summed E-state index contributed by atoms with van der Waals surface area (Å²) in [5.74, 6) is -0.0753. The van der Waals surface area contributed by atoms with E-state index in [1.54, 1.807) is 12.1 Å². The Morgan fingerprint density at radius 3 is 2.70 bits per heavy atom. The monoisotopic (exact) mass is 317 g/mol. The number of aromatic carboxylic acids is 1. The summed E-state index contributed by atoms with van der Waals surface area (Å²) in [6.45, 7) is 1.80. The van der Waals surface area contributed by atoms with Crippen molar-refractivity contribution in [2.75, 3.05) is 18.4 Å². The average Bonchev–Trinajstić information content (AvgIpc) is 3.03. The predicted octanol–water partition coefficient (Wildman–Crippen LogP) is 2.37. The second kappa shape index (κ2) is 6.98. The quantitative estimate of drug-likeness (QED) is 0.891. The second-order valence-electron chi connectivity index (χ2n) is 6.45.